The van der Waals surface area contributed by atoms with Crippen LogP contribution >= 0.6 is 0 Å². The van der Waals surface area contributed by atoms with Crippen molar-refractivity contribution in [3.05, 3.63) is 118 Å². The molecule has 10 nitrogen and oxygen atoms in total. The number of benzene rings is 3. The summed E-state index contributed by atoms with van der Waals surface area (Å²) in [4.78, 5) is 24.8. The van der Waals surface area contributed by atoms with Gasteiger partial charge in [-0.1, -0.05) is 69.0 Å². The number of esters is 1. The van der Waals surface area contributed by atoms with E-state index in [1.54, 1.807) is 48.5 Å². The first-order valence-corrected chi connectivity index (χ1v) is 17.6. The van der Waals surface area contributed by atoms with Crippen molar-refractivity contribution in [3.8, 4) is 0 Å². The van der Waals surface area contributed by atoms with Crippen LogP contribution in [-0.4, -0.2) is 39.6 Å². The van der Waals surface area contributed by atoms with E-state index in [1.165, 1.54) is 36.4 Å². The number of nitro benzene ring substituents is 1. The van der Waals surface area contributed by atoms with E-state index in [4.69, 9.17) is 4.74 Å². The number of ether oxygens (including phenoxy) is 1. The highest BCUT2D eigenvalue weighted by atomic mass is 32.2. The molecule has 0 saturated heterocycles. The Kier molecular flexibility index (Phi) is 8.63. The van der Waals surface area contributed by atoms with Crippen LogP contribution in [0.4, 0.5) is 5.69 Å². The monoisotopic (exact) mass is 650 g/mol. The summed E-state index contributed by atoms with van der Waals surface area (Å²) < 4.78 is 62.8. The van der Waals surface area contributed by atoms with Gasteiger partial charge in [-0.25, -0.2) is 21.6 Å². The van der Waals surface area contributed by atoms with Gasteiger partial charge in [0.05, 0.1) is 26.5 Å². The van der Waals surface area contributed by atoms with Crippen LogP contribution in [0.15, 0.2) is 113 Å². The summed E-state index contributed by atoms with van der Waals surface area (Å²) in [5.74, 6) is -1.01. The quantitative estimate of drug-likeness (QED) is 0.0935. The van der Waals surface area contributed by atoms with Gasteiger partial charge in [0.1, 0.15) is 11.7 Å². The van der Waals surface area contributed by atoms with Crippen LogP contribution in [0, 0.1) is 26.9 Å². The number of sulfonamides is 1. The molecular weight excluding hydrogens is 617 g/mol. The van der Waals surface area contributed by atoms with Gasteiger partial charge in [-0.3, -0.25) is 10.1 Å². The molecule has 0 amide bonds. The van der Waals surface area contributed by atoms with Crippen molar-refractivity contribution in [2.75, 3.05) is 5.75 Å². The fourth-order valence-corrected chi connectivity index (χ4v) is 10.3. The molecular formula is C33H34N2O8S2. The van der Waals surface area contributed by atoms with Crippen molar-refractivity contribution in [2.24, 2.45) is 16.7 Å². The third kappa shape index (κ3) is 5.98. The molecule has 2 saturated carbocycles. The molecule has 4 atom stereocenters. The van der Waals surface area contributed by atoms with E-state index in [0.717, 1.165) is 6.42 Å². The number of nitrogens with one attached hydrogen (secondary N) is 1. The van der Waals surface area contributed by atoms with Crippen LogP contribution in [0.25, 0.3) is 0 Å². The molecule has 3 aromatic carbocycles. The number of hydrogen-bond donors (Lipinski definition) is 1. The summed E-state index contributed by atoms with van der Waals surface area (Å²) in [7, 11) is -7.95. The molecule has 0 spiro atoms. The molecule has 2 aliphatic rings. The van der Waals surface area contributed by atoms with Crippen LogP contribution in [0.2, 0.25) is 0 Å². The number of non-ortho nitro benzene ring substituents is 1. The van der Waals surface area contributed by atoms with Crippen molar-refractivity contribution in [1.82, 2.24) is 4.72 Å². The maximum atomic E-state index is 14.0. The number of hydrogen-bond acceptors (Lipinski definition) is 8. The maximum absolute atomic E-state index is 14.0. The second-order valence-electron chi connectivity index (χ2n) is 12.1. The van der Waals surface area contributed by atoms with Crippen molar-refractivity contribution in [3.63, 3.8) is 0 Å². The largest absolute Gasteiger partial charge is 0.458 e. The Bertz CT molecular complexity index is 1870. The molecule has 3 aromatic rings. The van der Waals surface area contributed by atoms with Gasteiger partial charge in [0.2, 0.25) is 10.0 Å². The standard InChI is InChI=1S/C33H34N2O8S2/c1-4-28(30(23-15-17-25(18-16-23)35(37)38)34-45(41,42)27-13-9-6-10-14-27)31(36)43-29-21-24-19-20-33(29,32(24,2)3)22-44(39,40)26-11-7-5-8-12-26/h5-18,24,29-30,34H,1,19-22H2,2-3H3/t24-,29-,30-,33-/m0/s1. The molecule has 0 aliphatic heterocycles. The van der Waals surface area contributed by atoms with E-state index in [-0.39, 0.29) is 38.3 Å². The molecule has 0 unspecified atom stereocenters. The fourth-order valence-electron chi connectivity index (χ4n) is 6.95. The van der Waals surface area contributed by atoms with Gasteiger partial charge in [0, 0.05) is 17.5 Å². The van der Waals surface area contributed by atoms with Crippen molar-refractivity contribution < 1.29 is 31.3 Å². The normalized spacial score (nSPS) is 22.7. The first kappa shape index (κ1) is 32.3. The molecule has 0 aromatic heterocycles. The van der Waals surface area contributed by atoms with E-state index >= 15 is 0 Å². The second kappa shape index (κ2) is 12.0. The van der Waals surface area contributed by atoms with Gasteiger partial charge >= 0.3 is 5.97 Å². The second-order valence-corrected chi connectivity index (χ2v) is 15.8. The lowest BCUT2D eigenvalue weighted by Crippen LogP contribution is -2.46. The Morgan fingerprint density at radius 2 is 1.58 bits per heavy atom. The Balaban J connectivity index is 1.49. The van der Waals surface area contributed by atoms with Gasteiger partial charge in [-0.05, 0) is 60.4 Å². The van der Waals surface area contributed by atoms with Crippen molar-refractivity contribution in [1.29, 1.82) is 0 Å². The molecule has 0 heterocycles. The van der Waals surface area contributed by atoms with E-state index in [9.17, 15) is 31.7 Å². The molecule has 236 valence electrons. The smallest absolute Gasteiger partial charge is 0.344 e. The lowest BCUT2D eigenvalue weighted by molar-refractivity contribution is -0.384. The average molecular weight is 651 g/mol. The summed E-state index contributed by atoms with van der Waals surface area (Å²) in [5, 5.41) is 11.3. The van der Waals surface area contributed by atoms with Gasteiger partial charge in [-0.15, -0.1) is 5.73 Å². The highest BCUT2D eigenvalue weighted by Gasteiger charge is 2.67. The summed E-state index contributed by atoms with van der Waals surface area (Å²) >= 11 is 0. The summed E-state index contributed by atoms with van der Waals surface area (Å²) in [6, 6.07) is 19.4. The van der Waals surface area contributed by atoms with Crippen LogP contribution in [-0.2, 0) is 29.4 Å². The van der Waals surface area contributed by atoms with Gasteiger partial charge in [0.25, 0.3) is 5.69 Å². The van der Waals surface area contributed by atoms with Crippen LogP contribution in [0.5, 0.6) is 0 Å². The summed E-state index contributed by atoms with van der Waals surface area (Å²) in [5.41, 5.74) is 0.934. The summed E-state index contributed by atoms with van der Waals surface area (Å²) in [6.07, 6.45) is 1.00. The molecule has 0 radical (unpaired) electrons. The minimum Gasteiger partial charge on any atom is -0.458 e. The van der Waals surface area contributed by atoms with E-state index in [0.29, 0.717) is 12.8 Å². The minimum atomic E-state index is -4.20. The lowest BCUT2D eigenvalue weighted by atomic mass is 9.69. The SMILES string of the molecule is C=C=C(C(=O)O[C@H]1C[C@@H]2CC[C@@]1(CS(=O)(=O)c1ccccc1)C2(C)C)[C@@H](NS(=O)(=O)c1ccccc1)c1ccc([N+](=O)[O-])cc1. The number of rotatable bonds is 11. The fraction of sp³-hybridized carbons (Fsp3) is 0.333. The van der Waals surface area contributed by atoms with Crippen LogP contribution in [0.1, 0.15) is 44.7 Å². The van der Waals surface area contributed by atoms with E-state index in [1.807, 2.05) is 13.8 Å². The average Bonchev–Trinajstić information content (AvgIpc) is 3.37. The zero-order valence-corrected chi connectivity index (χ0v) is 26.5. The molecule has 1 N–H and O–H groups in total. The number of carbonyl (C=O) groups excluding carboxylic acids is 1. The van der Waals surface area contributed by atoms with Gasteiger partial charge < -0.3 is 4.74 Å². The van der Waals surface area contributed by atoms with Crippen molar-refractivity contribution in [2.45, 2.75) is 55.0 Å². The predicted molar refractivity (Wildman–Crippen MR) is 167 cm³/mol. The number of fused-ring (bicyclic) bond motifs is 2. The van der Waals surface area contributed by atoms with Crippen molar-refractivity contribution >= 4 is 31.5 Å². The van der Waals surface area contributed by atoms with Gasteiger partial charge in [0.15, 0.2) is 9.84 Å². The van der Waals surface area contributed by atoms with Crippen LogP contribution < -0.4 is 4.72 Å². The van der Waals surface area contributed by atoms with E-state index in [2.05, 4.69) is 17.0 Å². The first-order chi connectivity index (χ1) is 21.2. The number of nitro groups is 1. The van der Waals surface area contributed by atoms with Gasteiger partial charge in [-0.2, -0.15) is 4.72 Å². The Morgan fingerprint density at radius 3 is 2.11 bits per heavy atom. The minimum absolute atomic E-state index is 0.0615. The lowest BCUT2D eigenvalue weighted by Gasteiger charge is -2.41. The zero-order valence-electron chi connectivity index (χ0n) is 24.9. The number of carbonyl (C=O) groups is 1. The highest BCUT2D eigenvalue weighted by molar-refractivity contribution is 7.91. The molecule has 5 rings (SSSR count). The zero-order chi connectivity index (χ0) is 32.6. The number of sulfone groups is 1. The third-order valence-corrected chi connectivity index (χ3v) is 12.9. The first-order valence-electron chi connectivity index (χ1n) is 14.4. The third-order valence-electron chi connectivity index (χ3n) is 9.62. The molecule has 2 fully saturated rings. The molecule has 2 aliphatic carbocycles. The molecule has 2 bridgehead atoms. The highest BCUT2D eigenvalue weighted by Crippen LogP contribution is 2.67. The Hall–Kier alpha value is -4.09. The predicted octanol–water partition coefficient (Wildman–Crippen LogP) is 5.54. The Labute approximate surface area is 262 Å². The summed E-state index contributed by atoms with van der Waals surface area (Å²) in [6.45, 7) is 7.66. The molecule has 12 heteroatoms. The van der Waals surface area contributed by atoms with Crippen LogP contribution in [0.3, 0.4) is 0 Å². The van der Waals surface area contributed by atoms with E-state index < -0.39 is 53.7 Å². The molecule has 45 heavy (non-hydrogen) atoms. The maximum Gasteiger partial charge on any atom is 0.344 e. The topological polar surface area (TPSA) is 150 Å². The number of nitrogens with zero attached hydrogens (tertiary/aromatic N) is 1. The Morgan fingerprint density at radius 1 is 1.00 bits per heavy atom.